The summed E-state index contributed by atoms with van der Waals surface area (Å²) in [5.74, 6) is 1.31. The van der Waals surface area contributed by atoms with Crippen LogP contribution in [0.2, 0.25) is 0 Å². The summed E-state index contributed by atoms with van der Waals surface area (Å²) in [5.41, 5.74) is 3.35. The minimum Gasteiger partial charge on any atom is -0.486 e. The Labute approximate surface area is 174 Å². The van der Waals surface area contributed by atoms with Gasteiger partial charge in [-0.3, -0.25) is 10.1 Å². The monoisotopic (exact) mass is 402 g/mol. The number of nitrogens with one attached hydrogen (secondary N) is 1. The molecule has 0 aliphatic heterocycles. The van der Waals surface area contributed by atoms with Crippen molar-refractivity contribution in [3.63, 3.8) is 0 Å². The van der Waals surface area contributed by atoms with E-state index in [0.717, 1.165) is 22.4 Å². The number of nitrogens with zero attached hydrogens (tertiary/aromatic N) is 3. The minimum atomic E-state index is -0.412. The number of benzene rings is 2. The zero-order valence-electron chi connectivity index (χ0n) is 16.8. The van der Waals surface area contributed by atoms with Gasteiger partial charge in [0.05, 0.1) is 6.54 Å². The van der Waals surface area contributed by atoms with Crippen LogP contribution in [0, 0.1) is 13.8 Å². The summed E-state index contributed by atoms with van der Waals surface area (Å²) >= 11 is 0. The van der Waals surface area contributed by atoms with E-state index in [1.54, 1.807) is 23.1 Å². The lowest BCUT2D eigenvalue weighted by atomic mass is 10.1. The van der Waals surface area contributed by atoms with Crippen molar-refractivity contribution in [1.82, 2.24) is 14.8 Å². The fourth-order valence-electron chi connectivity index (χ4n) is 3.11. The lowest BCUT2D eigenvalue weighted by Crippen LogP contribution is -2.12. The lowest BCUT2D eigenvalue weighted by molar-refractivity contribution is 0.0991. The Morgan fingerprint density at radius 1 is 1.07 bits per heavy atom. The molecule has 152 valence electrons. The highest BCUT2D eigenvalue weighted by Crippen LogP contribution is 2.19. The van der Waals surface area contributed by atoms with Gasteiger partial charge < -0.3 is 9.15 Å². The van der Waals surface area contributed by atoms with Gasteiger partial charge in [-0.05, 0) is 54.8 Å². The number of furan rings is 1. The average molecular weight is 402 g/mol. The van der Waals surface area contributed by atoms with E-state index >= 15 is 0 Å². The fourth-order valence-corrected chi connectivity index (χ4v) is 3.11. The molecule has 0 atom stereocenters. The van der Waals surface area contributed by atoms with Crippen molar-refractivity contribution in [3.05, 3.63) is 95.2 Å². The van der Waals surface area contributed by atoms with Crippen LogP contribution in [0.1, 0.15) is 33.0 Å². The van der Waals surface area contributed by atoms with Gasteiger partial charge in [0.2, 0.25) is 5.95 Å². The first-order valence-corrected chi connectivity index (χ1v) is 9.60. The number of anilines is 1. The maximum atomic E-state index is 12.4. The molecule has 0 aliphatic carbocycles. The van der Waals surface area contributed by atoms with E-state index in [4.69, 9.17) is 9.15 Å². The number of rotatable bonds is 7. The molecule has 2 aromatic carbocycles. The molecule has 30 heavy (non-hydrogen) atoms. The summed E-state index contributed by atoms with van der Waals surface area (Å²) in [6, 6.07) is 19.2. The first-order chi connectivity index (χ1) is 14.5. The second kappa shape index (κ2) is 8.65. The molecule has 2 aromatic heterocycles. The highest BCUT2D eigenvalue weighted by atomic mass is 16.5. The first-order valence-electron chi connectivity index (χ1n) is 9.60. The van der Waals surface area contributed by atoms with Gasteiger partial charge in [0, 0.05) is 0 Å². The SMILES string of the molecule is Cc1cc(C)cc(OCc2ccc(C(=O)Nc3ncn(Cc4ccccc4)n3)o2)c1. The Kier molecular flexibility index (Phi) is 5.61. The zero-order chi connectivity index (χ0) is 20.9. The Morgan fingerprint density at radius 3 is 2.60 bits per heavy atom. The predicted octanol–water partition coefficient (Wildman–Crippen LogP) is 4.37. The summed E-state index contributed by atoms with van der Waals surface area (Å²) in [6.07, 6.45) is 1.58. The number of aromatic nitrogens is 3. The van der Waals surface area contributed by atoms with Gasteiger partial charge in [0.15, 0.2) is 5.76 Å². The second-order valence-electron chi connectivity index (χ2n) is 7.08. The van der Waals surface area contributed by atoms with E-state index in [1.807, 2.05) is 56.3 Å². The molecule has 0 aliphatic rings. The molecule has 4 rings (SSSR count). The molecule has 0 fully saturated rings. The maximum absolute atomic E-state index is 12.4. The van der Waals surface area contributed by atoms with Gasteiger partial charge in [0.1, 0.15) is 24.4 Å². The number of ether oxygens (including phenoxy) is 1. The van der Waals surface area contributed by atoms with E-state index < -0.39 is 5.91 Å². The van der Waals surface area contributed by atoms with Crippen LogP contribution in [0.3, 0.4) is 0 Å². The molecule has 0 saturated carbocycles. The quantitative estimate of drug-likeness (QED) is 0.496. The third kappa shape index (κ3) is 4.94. The molecule has 0 unspecified atom stereocenters. The third-order valence-electron chi connectivity index (χ3n) is 4.41. The van der Waals surface area contributed by atoms with E-state index in [-0.39, 0.29) is 18.3 Å². The molecule has 0 bridgehead atoms. The molecule has 1 amide bonds. The minimum absolute atomic E-state index is 0.174. The van der Waals surface area contributed by atoms with Crippen LogP contribution < -0.4 is 10.1 Å². The Morgan fingerprint density at radius 2 is 1.83 bits per heavy atom. The zero-order valence-corrected chi connectivity index (χ0v) is 16.8. The van der Waals surface area contributed by atoms with Crippen LogP contribution >= 0.6 is 0 Å². The highest BCUT2D eigenvalue weighted by Gasteiger charge is 2.14. The largest absolute Gasteiger partial charge is 0.486 e. The summed E-state index contributed by atoms with van der Waals surface area (Å²) in [6.45, 7) is 4.85. The molecule has 0 saturated heterocycles. The highest BCUT2D eigenvalue weighted by molar-refractivity contribution is 6.01. The Balaban J connectivity index is 1.34. The smallest absolute Gasteiger partial charge is 0.293 e. The summed E-state index contributed by atoms with van der Waals surface area (Å²) in [7, 11) is 0. The van der Waals surface area contributed by atoms with Gasteiger partial charge in [-0.2, -0.15) is 0 Å². The number of hydrogen-bond acceptors (Lipinski definition) is 5. The molecule has 7 nitrogen and oxygen atoms in total. The molecule has 1 N–H and O–H groups in total. The van der Waals surface area contributed by atoms with Crippen LogP contribution in [0.5, 0.6) is 5.75 Å². The number of amides is 1. The maximum Gasteiger partial charge on any atom is 0.293 e. The van der Waals surface area contributed by atoms with Gasteiger partial charge in [-0.1, -0.05) is 36.4 Å². The normalized spacial score (nSPS) is 10.7. The molecular weight excluding hydrogens is 380 g/mol. The van der Waals surface area contributed by atoms with E-state index in [2.05, 4.69) is 21.5 Å². The fraction of sp³-hybridized carbons (Fsp3) is 0.174. The Bertz CT molecular complexity index is 1130. The standard InChI is InChI=1S/C23H22N4O3/c1-16-10-17(2)12-20(11-16)29-14-19-8-9-21(30-19)22(28)25-23-24-15-27(26-23)13-18-6-4-3-5-7-18/h3-12,15H,13-14H2,1-2H3,(H,25,26,28). The third-order valence-corrected chi connectivity index (χ3v) is 4.41. The van der Waals surface area contributed by atoms with Crippen LogP contribution in [0.25, 0.3) is 0 Å². The van der Waals surface area contributed by atoms with Crippen LogP contribution in [-0.4, -0.2) is 20.7 Å². The summed E-state index contributed by atoms with van der Waals surface area (Å²) < 4.78 is 13.0. The van der Waals surface area contributed by atoms with E-state index in [0.29, 0.717) is 12.3 Å². The summed E-state index contributed by atoms with van der Waals surface area (Å²) in [5, 5.41) is 6.93. The van der Waals surface area contributed by atoms with Crippen LogP contribution in [-0.2, 0) is 13.2 Å². The lowest BCUT2D eigenvalue weighted by Gasteiger charge is -2.06. The molecular formula is C23H22N4O3. The average Bonchev–Trinajstić information content (AvgIpc) is 3.36. The van der Waals surface area contributed by atoms with Gasteiger partial charge in [-0.25, -0.2) is 9.67 Å². The molecule has 2 heterocycles. The summed E-state index contributed by atoms with van der Waals surface area (Å²) in [4.78, 5) is 16.6. The predicted molar refractivity (Wildman–Crippen MR) is 112 cm³/mol. The van der Waals surface area contributed by atoms with Gasteiger partial charge >= 0.3 is 0 Å². The van der Waals surface area contributed by atoms with Crippen molar-refractivity contribution in [2.24, 2.45) is 0 Å². The number of carbonyl (C=O) groups is 1. The van der Waals surface area contributed by atoms with E-state index in [9.17, 15) is 4.79 Å². The van der Waals surface area contributed by atoms with Crippen LogP contribution in [0.15, 0.2) is 71.4 Å². The molecule has 4 aromatic rings. The second-order valence-corrected chi connectivity index (χ2v) is 7.08. The van der Waals surface area contributed by atoms with E-state index in [1.165, 1.54) is 0 Å². The Hall–Kier alpha value is -3.87. The van der Waals surface area contributed by atoms with Gasteiger partial charge in [0.25, 0.3) is 5.91 Å². The molecule has 7 heteroatoms. The number of hydrogen-bond donors (Lipinski definition) is 1. The van der Waals surface area contributed by atoms with Crippen molar-refractivity contribution in [3.8, 4) is 5.75 Å². The van der Waals surface area contributed by atoms with Crippen molar-refractivity contribution >= 4 is 11.9 Å². The van der Waals surface area contributed by atoms with Gasteiger partial charge in [-0.15, -0.1) is 5.10 Å². The first kappa shape index (κ1) is 19.4. The molecule has 0 radical (unpaired) electrons. The van der Waals surface area contributed by atoms with Crippen LogP contribution in [0.4, 0.5) is 5.95 Å². The molecule has 0 spiro atoms. The number of carbonyl (C=O) groups excluding carboxylic acids is 1. The van der Waals surface area contributed by atoms with Crippen molar-refractivity contribution < 1.29 is 13.9 Å². The number of aryl methyl sites for hydroxylation is 2. The van der Waals surface area contributed by atoms with Crippen molar-refractivity contribution in [2.75, 3.05) is 5.32 Å². The van der Waals surface area contributed by atoms with Crippen molar-refractivity contribution in [2.45, 2.75) is 27.0 Å². The van der Waals surface area contributed by atoms with Crippen molar-refractivity contribution in [1.29, 1.82) is 0 Å². The topological polar surface area (TPSA) is 82.2 Å².